The summed E-state index contributed by atoms with van der Waals surface area (Å²) in [6.07, 6.45) is 0. The fraction of sp³-hybridized carbons (Fsp3) is 0. The van der Waals surface area contributed by atoms with Gasteiger partial charge in [-0.05, 0) is 180 Å². The maximum atomic E-state index is 10.2. The van der Waals surface area contributed by atoms with E-state index in [0.29, 0.717) is 22.3 Å². The van der Waals surface area contributed by atoms with E-state index in [1.165, 1.54) is 43.1 Å². The van der Waals surface area contributed by atoms with Gasteiger partial charge in [0.05, 0.1) is 107 Å². The van der Waals surface area contributed by atoms with Gasteiger partial charge in [-0.1, -0.05) is 279 Å². The highest BCUT2D eigenvalue weighted by molar-refractivity contribution is 6.19. The van der Waals surface area contributed by atoms with Gasteiger partial charge in [-0.3, -0.25) is 0 Å². The lowest BCUT2D eigenvalue weighted by Gasteiger charge is -2.16. The van der Waals surface area contributed by atoms with Gasteiger partial charge >= 0.3 is 0 Å². The fourth-order valence-corrected chi connectivity index (χ4v) is 20.7. The zero-order valence-corrected chi connectivity index (χ0v) is 72.8. The van der Waals surface area contributed by atoms with Crippen LogP contribution < -0.4 is 0 Å². The molecule has 28 rings (SSSR count). The number of fused-ring (bicyclic) bond motifs is 24. The molecule has 0 aliphatic carbocycles. The van der Waals surface area contributed by atoms with Crippen LogP contribution in [0.4, 0.5) is 0 Å². The predicted octanol–water partition coefficient (Wildman–Crippen LogP) is 32.9. The van der Waals surface area contributed by atoms with Crippen LogP contribution in [0.2, 0.25) is 0 Å². The smallest absolute Gasteiger partial charge is 0.136 e. The SMILES string of the molecule is N#Cc1ccc(-c2cccc3oc4ccccc4c23)c(-n2c3ccccc3c3ccccc32)c1.N#Cc1ccc(-n2c3ccccc3c3ccccc32)c(-c2ccc3c(c2)oc2ccccc23)c1.N#Cc1cccc(-c2cccc3oc4ccccc4c23)c1-n1c2ccccc2c2ccccc21.N#Cc1cccc(-n2c3ccccc3c3ccccc32)c1-c1ccc2c(c1)oc1ccccc12. The maximum Gasteiger partial charge on any atom is 0.136 e. The Balaban J connectivity index is 0.0000000965. The first-order valence-corrected chi connectivity index (χ1v) is 45.1. The minimum absolute atomic E-state index is 0.629. The number of aromatic nitrogens is 4. The lowest BCUT2D eigenvalue weighted by molar-refractivity contribution is 0.668. The lowest BCUT2D eigenvalue weighted by atomic mass is 9.95. The Morgan fingerprint density at radius 3 is 0.941 bits per heavy atom. The van der Waals surface area contributed by atoms with Crippen molar-refractivity contribution >= 4 is 175 Å². The predicted molar refractivity (Wildman–Crippen MR) is 553 cm³/mol. The van der Waals surface area contributed by atoms with Crippen LogP contribution in [-0.4, -0.2) is 18.3 Å². The second-order valence-electron chi connectivity index (χ2n) is 34.0. The molecule has 0 aliphatic rings. The number of rotatable bonds is 8. The molecular formula is C124H72N8O4. The Morgan fingerprint density at radius 2 is 0.493 bits per heavy atom. The summed E-state index contributed by atoms with van der Waals surface area (Å²) in [5.41, 5.74) is 30.2. The summed E-state index contributed by atoms with van der Waals surface area (Å²) in [5.74, 6) is 0. The third-order valence-electron chi connectivity index (χ3n) is 26.6. The summed E-state index contributed by atoms with van der Waals surface area (Å²) in [5, 5.41) is 57.9. The monoisotopic (exact) mass is 1740 g/mol. The molecule has 0 N–H and O–H groups in total. The zero-order valence-electron chi connectivity index (χ0n) is 72.8. The summed E-state index contributed by atoms with van der Waals surface area (Å²) >= 11 is 0. The molecule has 0 saturated heterocycles. The van der Waals surface area contributed by atoms with Crippen molar-refractivity contribution in [3.63, 3.8) is 0 Å². The van der Waals surface area contributed by atoms with Gasteiger partial charge in [0.15, 0.2) is 0 Å². The van der Waals surface area contributed by atoms with Crippen molar-refractivity contribution in [3.05, 3.63) is 459 Å². The van der Waals surface area contributed by atoms with Crippen LogP contribution >= 0.6 is 0 Å². The van der Waals surface area contributed by atoms with E-state index in [0.717, 1.165) is 199 Å². The molecule has 12 heteroatoms. The van der Waals surface area contributed by atoms with E-state index < -0.39 is 0 Å². The molecule has 28 aromatic rings. The van der Waals surface area contributed by atoms with Gasteiger partial charge < -0.3 is 35.9 Å². The Morgan fingerprint density at radius 1 is 0.176 bits per heavy atom. The van der Waals surface area contributed by atoms with Crippen LogP contribution in [0.3, 0.4) is 0 Å². The van der Waals surface area contributed by atoms with Gasteiger partial charge in [-0.15, -0.1) is 0 Å². The van der Waals surface area contributed by atoms with Crippen LogP contribution in [0.15, 0.2) is 454 Å². The van der Waals surface area contributed by atoms with E-state index >= 15 is 0 Å². The highest BCUT2D eigenvalue weighted by Gasteiger charge is 2.27. The zero-order chi connectivity index (χ0) is 90.6. The molecule has 632 valence electrons. The number of para-hydroxylation sites is 13. The molecule has 0 bridgehead atoms. The second kappa shape index (κ2) is 32.4. The van der Waals surface area contributed by atoms with Crippen molar-refractivity contribution in [1.29, 1.82) is 21.0 Å². The molecule has 0 amide bonds. The molecule has 0 aliphatic heterocycles. The number of nitrogens with zero attached hydrogens (tertiary/aromatic N) is 8. The first-order valence-electron chi connectivity index (χ1n) is 45.1. The number of benzene rings is 20. The van der Waals surface area contributed by atoms with E-state index in [2.05, 4.69) is 334 Å². The molecular weight excluding hydrogens is 1670 g/mol. The third-order valence-corrected chi connectivity index (χ3v) is 26.6. The van der Waals surface area contributed by atoms with E-state index in [-0.39, 0.29) is 0 Å². The normalized spacial score (nSPS) is 11.5. The average molecular weight is 1740 g/mol. The Labute approximate surface area is 777 Å². The Bertz CT molecular complexity index is 9790. The molecule has 20 aromatic carbocycles. The van der Waals surface area contributed by atoms with Crippen molar-refractivity contribution in [2.45, 2.75) is 0 Å². The molecule has 0 unspecified atom stereocenters. The minimum Gasteiger partial charge on any atom is -0.456 e. The Hall–Kier alpha value is -19.2. The second-order valence-corrected chi connectivity index (χ2v) is 34.0. The Kier molecular flexibility index (Phi) is 18.8. The summed E-state index contributed by atoms with van der Waals surface area (Å²) in [7, 11) is 0. The highest BCUT2D eigenvalue weighted by atomic mass is 16.3. The van der Waals surface area contributed by atoms with E-state index in [1.807, 2.05) is 146 Å². The van der Waals surface area contributed by atoms with E-state index in [1.54, 1.807) is 0 Å². The quantitative estimate of drug-likeness (QED) is 0.145. The maximum absolute atomic E-state index is 10.2. The topological polar surface area (TPSA) is 167 Å². The highest BCUT2D eigenvalue weighted by Crippen LogP contribution is 2.48. The average Bonchev–Trinajstić information content (AvgIpc) is 1.55. The van der Waals surface area contributed by atoms with Crippen LogP contribution in [0.5, 0.6) is 0 Å². The number of nitriles is 4. The van der Waals surface area contributed by atoms with Crippen molar-refractivity contribution in [1.82, 2.24) is 18.3 Å². The third kappa shape index (κ3) is 12.8. The largest absolute Gasteiger partial charge is 0.456 e. The van der Waals surface area contributed by atoms with Crippen LogP contribution in [0.25, 0.3) is 242 Å². The summed E-state index contributed by atoms with van der Waals surface area (Å²) in [6, 6.07) is 158. The standard InChI is InChI=1S/4C31H18N2O/c32-19-20-9-7-14-24(23-13-8-18-29-30(23)25-12-3-6-17-28(25)34-29)31(20)33-26-15-4-1-10-21(26)22-11-2-5-16-27(22)33;32-19-21-8-7-14-28(33-26-12-4-1-9-22(26)23-10-2-5-13-27(23)33)31(21)20-16-17-25-24-11-3-6-15-29(24)34-30(25)18-20;32-19-20-16-17-23(24-11-7-15-30-31(24)25-10-3-6-14-29(25)34-30)28(18-20)33-26-12-4-1-8-21(26)22-9-2-5-13-27(22)33;32-19-20-13-16-29(33-27-10-4-1-7-22(27)23-8-2-5-11-28(23)33)26(17-20)21-14-15-25-24-9-3-6-12-30(24)34-31(25)18-21/h4*1-18H. The van der Waals surface area contributed by atoms with Gasteiger partial charge in [-0.2, -0.15) is 21.0 Å². The number of hydrogen-bond acceptors (Lipinski definition) is 8. The first kappa shape index (κ1) is 79.0. The van der Waals surface area contributed by atoms with Gasteiger partial charge in [0.25, 0.3) is 0 Å². The lowest BCUT2D eigenvalue weighted by Crippen LogP contribution is -2.01. The molecule has 0 fully saturated rings. The number of furan rings is 4. The van der Waals surface area contributed by atoms with Crippen LogP contribution in [0.1, 0.15) is 22.3 Å². The molecule has 0 atom stereocenters. The van der Waals surface area contributed by atoms with Gasteiger partial charge in [-0.25, -0.2) is 0 Å². The number of hydrogen-bond donors (Lipinski definition) is 0. The minimum atomic E-state index is 0.629. The van der Waals surface area contributed by atoms with E-state index in [9.17, 15) is 21.0 Å². The summed E-state index contributed by atoms with van der Waals surface area (Å²) in [6.45, 7) is 0. The van der Waals surface area contributed by atoms with Crippen molar-refractivity contribution in [3.8, 4) is 91.5 Å². The summed E-state index contributed by atoms with van der Waals surface area (Å²) < 4.78 is 33.8. The van der Waals surface area contributed by atoms with Gasteiger partial charge in [0.2, 0.25) is 0 Å². The van der Waals surface area contributed by atoms with Gasteiger partial charge in [0.1, 0.15) is 50.7 Å². The molecule has 12 nitrogen and oxygen atoms in total. The van der Waals surface area contributed by atoms with Crippen molar-refractivity contribution < 1.29 is 17.7 Å². The summed E-state index contributed by atoms with van der Waals surface area (Å²) in [4.78, 5) is 0. The van der Waals surface area contributed by atoms with E-state index in [4.69, 9.17) is 17.7 Å². The molecule has 0 radical (unpaired) electrons. The van der Waals surface area contributed by atoms with Gasteiger partial charge in [0, 0.05) is 108 Å². The molecule has 0 spiro atoms. The van der Waals surface area contributed by atoms with Crippen molar-refractivity contribution in [2.24, 2.45) is 0 Å². The van der Waals surface area contributed by atoms with Crippen LogP contribution in [-0.2, 0) is 0 Å². The molecule has 136 heavy (non-hydrogen) atoms. The fourth-order valence-electron chi connectivity index (χ4n) is 20.7. The molecule has 0 saturated carbocycles. The first-order chi connectivity index (χ1) is 67.3. The molecule has 8 heterocycles. The van der Waals surface area contributed by atoms with Crippen molar-refractivity contribution in [2.75, 3.05) is 0 Å². The van der Waals surface area contributed by atoms with Crippen LogP contribution in [0, 0.1) is 45.3 Å². The molecule has 8 aromatic heterocycles.